The second kappa shape index (κ2) is 6.59. The van der Waals surface area contributed by atoms with Crippen molar-refractivity contribution in [2.75, 3.05) is 13.6 Å². The number of hydrogen-bond acceptors (Lipinski definition) is 3. The Hall–Kier alpha value is -1.10. The average Bonchev–Trinajstić information content (AvgIpc) is 2.31. The van der Waals surface area contributed by atoms with Crippen LogP contribution in [0.4, 0.5) is 0 Å². The molecule has 2 amide bonds. The van der Waals surface area contributed by atoms with Gasteiger partial charge in [-0.05, 0) is 25.2 Å². The van der Waals surface area contributed by atoms with Crippen LogP contribution in [0.15, 0.2) is 0 Å². The maximum atomic E-state index is 11.9. The number of carbonyl (C=O) groups is 2. The van der Waals surface area contributed by atoms with E-state index in [0.717, 1.165) is 19.3 Å². The van der Waals surface area contributed by atoms with E-state index in [9.17, 15) is 9.59 Å². The molecule has 0 radical (unpaired) electrons. The van der Waals surface area contributed by atoms with E-state index in [1.165, 1.54) is 0 Å². The molecule has 0 spiro atoms. The van der Waals surface area contributed by atoms with Crippen LogP contribution in [-0.4, -0.2) is 31.4 Å². The summed E-state index contributed by atoms with van der Waals surface area (Å²) in [5.74, 6) is 0.369. The highest BCUT2D eigenvalue weighted by Crippen LogP contribution is 2.29. The molecule has 5 heteroatoms. The Bertz CT molecular complexity index is 281. The molecule has 0 aromatic carbocycles. The summed E-state index contributed by atoms with van der Waals surface area (Å²) in [4.78, 5) is 22.9. The fourth-order valence-electron chi connectivity index (χ4n) is 2.28. The molecule has 0 saturated heterocycles. The topological polar surface area (TPSA) is 84.2 Å². The third-order valence-corrected chi connectivity index (χ3v) is 3.50. The normalized spacial score (nSPS) is 28.5. The zero-order chi connectivity index (χ0) is 12.8. The Morgan fingerprint density at radius 1 is 1.35 bits per heavy atom. The fourth-order valence-corrected chi connectivity index (χ4v) is 2.28. The summed E-state index contributed by atoms with van der Waals surface area (Å²) in [5, 5.41) is 5.34. The zero-order valence-electron chi connectivity index (χ0n) is 10.7. The predicted octanol–water partition coefficient (Wildman–Crippen LogP) is 0.00220. The Balaban J connectivity index is 2.33. The maximum absolute atomic E-state index is 11.9. The van der Waals surface area contributed by atoms with Gasteiger partial charge in [-0.3, -0.25) is 9.59 Å². The van der Waals surface area contributed by atoms with Crippen molar-refractivity contribution in [3.63, 3.8) is 0 Å². The van der Waals surface area contributed by atoms with Crippen LogP contribution in [-0.2, 0) is 9.59 Å². The molecule has 1 saturated carbocycles. The van der Waals surface area contributed by atoms with Gasteiger partial charge in [0, 0.05) is 32.0 Å². The van der Waals surface area contributed by atoms with Gasteiger partial charge in [0.05, 0.1) is 0 Å². The Morgan fingerprint density at radius 2 is 2.06 bits per heavy atom. The van der Waals surface area contributed by atoms with E-state index in [1.807, 2.05) is 0 Å². The van der Waals surface area contributed by atoms with E-state index in [4.69, 9.17) is 5.73 Å². The maximum Gasteiger partial charge on any atom is 0.223 e. The molecular formula is C12H23N3O2. The van der Waals surface area contributed by atoms with Crippen LogP contribution in [0, 0.1) is 11.8 Å². The lowest BCUT2D eigenvalue weighted by Crippen LogP contribution is -2.42. The van der Waals surface area contributed by atoms with Crippen molar-refractivity contribution in [3.05, 3.63) is 0 Å². The molecule has 4 N–H and O–H groups in total. The first-order valence-electron chi connectivity index (χ1n) is 6.28. The Labute approximate surface area is 103 Å². The second-order valence-corrected chi connectivity index (χ2v) is 4.87. The summed E-state index contributed by atoms with van der Waals surface area (Å²) in [5.41, 5.74) is 5.88. The van der Waals surface area contributed by atoms with Crippen molar-refractivity contribution < 1.29 is 9.59 Å². The van der Waals surface area contributed by atoms with Gasteiger partial charge in [0.1, 0.15) is 0 Å². The van der Waals surface area contributed by atoms with E-state index < -0.39 is 0 Å². The molecule has 0 aromatic heterocycles. The number of hydrogen-bond donors (Lipinski definition) is 3. The molecule has 0 bridgehead atoms. The van der Waals surface area contributed by atoms with Crippen LogP contribution in [0.3, 0.4) is 0 Å². The van der Waals surface area contributed by atoms with E-state index >= 15 is 0 Å². The Morgan fingerprint density at radius 3 is 2.71 bits per heavy atom. The number of rotatable bonds is 4. The van der Waals surface area contributed by atoms with Crippen molar-refractivity contribution in [2.24, 2.45) is 17.6 Å². The van der Waals surface area contributed by atoms with Gasteiger partial charge in [0.2, 0.25) is 11.8 Å². The molecule has 3 atom stereocenters. The average molecular weight is 241 g/mol. The van der Waals surface area contributed by atoms with Gasteiger partial charge in [-0.2, -0.15) is 0 Å². The van der Waals surface area contributed by atoms with Gasteiger partial charge in [0.15, 0.2) is 0 Å². The van der Waals surface area contributed by atoms with Gasteiger partial charge in [-0.15, -0.1) is 0 Å². The van der Waals surface area contributed by atoms with Crippen LogP contribution < -0.4 is 16.4 Å². The third kappa shape index (κ3) is 4.34. The van der Waals surface area contributed by atoms with Crippen molar-refractivity contribution in [1.29, 1.82) is 0 Å². The van der Waals surface area contributed by atoms with E-state index in [2.05, 4.69) is 17.6 Å². The number of carbonyl (C=O) groups excluding carboxylic acids is 2. The monoisotopic (exact) mass is 241 g/mol. The molecule has 1 aliphatic rings. The zero-order valence-corrected chi connectivity index (χ0v) is 10.7. The van der Waals surface area contributed by atoms with Crippen LogP contribution in [0.25, 0.3) is 0 Å². The molecule has 0 aromatic rings. The molecule has 0 heterocycles. The molecule has 1 fully saturated rings. The van der Waals surface area contributed by atoms with Gasteiger partial charge < -0.3 is 16.4 Å². The van der Waals surface area contributed by atoms with Crippen molar-refractivity contribution in [2.45, 2.75) is 38.6 Å². The predicted molar refractivity (Wildman–Crippen MR) is 66.2 cm³/mol. The highest BCUT2D eigenvalue weighted by Gasteiger charge is 2.30. The first kappa shape index (κ1) is 14.0. The highest BCUT2D eigenvalue weighted by molar-refractivity contribution is 5.80. The van der Waals surface area contributed by atoms with Crippen molar-refractivity contribution in [1.82, 2.24) is 10.6 Å². The van der Waals surface area contributed by atoms with Gasteiger partial charge in [-0.25, -0.2) is 0 Å². The van der Waals surface area contributed by atoms with Crippen molar-refractivity contribution >= 4 is 11.8 Å². The molecule has 17 heavy (non-hydrogen) atoms. The van der Waals surface area contributed by atoms with Crippen molar-refractivity contribution in [3.8, 4) is 0 Å². The smallest absolute Gasteiger partial charge is 0.223 e. The molecule has 5 nitrogen and oxygen atoms in total. The summed E-state index contributed by atoms with van der Waals surface area (Å²) in [6.07, 6.45) is 3.10. The molecular weight excluding hydrogens is 218 g/mol. The van der Waals surface area contributed by atoms with Crippen LogP contribution in [0.1, 0.15) is 32.6 Å². The minimum Gasteiger partial charge on any atom is -0.359 e. The lowest BCUT2D eigenvalue weighted by molar-refractivity contribution is -0.127. The molecule has 1 rings (SSSR count). The quantitative estimate of drug-likeness (QED) is 0.648. The molecule has 98 valence electrons. The molecule has 1 aliphatic carbocycles. The summed E-state index contributed by atoms with van der Waals surface area (Å²) in [6.45, 7) is 2.49. The summed E-state index contributed by atoms with van der Waals surface area (Å²) >= 11 is 0. The minimum atomic E-state index is -0.0568. The van der Waals surface area contributed by atoms with Gasteiger partial charge in [-0.1, -0.05) is 6.92 Å². The summed E-state index contributed by atoms with van der Waals surface area (Å²) in [7, 11) is 1.59. The minimum absolute atomic E-state index is 0.00318. The highest BCUT2D eigenvalue weighted by atomic mass is 16.2. The lowest BCUT2D eigenvalue weighted by atomic mass is 9.78. The second-order valence-electron chi connectivity index (χ2n) is 4.87. The SMILES string of the molecule is CNC(=O)CCNC(=O)C1CC(N)CCC1C. The summed E-state index contributed by atoms with van der Waals surface area (Å²) in [6, 6.07) is 0.140. The number of nitrogens with two attached hydrogens (primary N) is 1. The lowest BCUT2D eigenvalue weighted by Gasteiger charge is -2.31. The standard InChI is InChI=1S/C12H23N3O2/c1-8-3-4-9(13)7-10(8)12(17)15-6-5-11(16)14-2/h8-10H,3-7,13H2,1-2H3,(H,14,16)(H,15,17). The van der Waals surface area contributed by atoms with Gasteiger partial charge in [0.25, 0.3) is 0 Å². The third-order valence-electron chi connectivity index (χ3n) is 3.50. The first-order chi connectivity index (χ1) is 8.04. The first-order valence-corrected chi connectivity index (χ1v) is 6.28. The van der Waals surface area contributed by atoms with E-state index in [1.54, 1.807) is 7.05 Å². The van der Waals surface area contributed by atoms with Crippen LogP contribution in [0.2, 0.25) is 0 Å². The number of amides is 2. The Kier molecular flexibility index (Phi) is 5.41. The molecule has 0 aliphatic heterocycles. The van der Waals surface area contributed by atoms with E-state index in [0.29, 0.717) is 18.9 Å². The number of nitrogens with one attached hydrogen (secondary N) is 2. The summed E-state index contributed by atoms with van der Waals surface area (Å²) < 4.78 is 0. The molecule has 3 unspecified atom stereocenters. The largest absolute Gasteiger partial charge is 0.359 e. The fraction of sp³-hybridized carbons (Fsp3) is 0.833. The van der Waals surface area contributed by atoms with E-state index in [-0.39, 0.29) is 23.8 Å². The van der Waals surface area contributed by atoms with Crippen LogP contribution >= 0.6 is 0 Å². The van der Waals surface area contributed by atoms with Crippen LogP contribution in [0.5, 0.6) is 0 Å². The van der Waals surface area contributed by atoms with Gasteiger partial charge >= 0.3 is 0 Å².